The maximum absolute atomic E-state index is 11.9. The third-order valence-corrected chi connectivity index (χ3v) is 4.92. The number of nitrogens with zero attached hydrogens (tertiary/aromatic N) is 7. The van der Waals surface area contributed by atoms with E-state index in [1.165, 1.54) is 0 Å². The van der Waals surface area contributed by atoms with Crippen molar-refractivity contribution in [3.8, 4) is 28.7 Å². The fourth-order valence-electron chi connectivity index (χ4n) is 3.48. The fourth-order valence-corrected chi connectivity index (χ4v) is 3.48. The molecule has 4 aromatic rings. The summed E-state index contributed by atoms with van der Waals surface area (Å²) in [5.41, 5.74) is 8.54. The van der Waals surface area contributed by atoms with Gasteiger partial charge in [-0.3, -0.25) is 14.2 Å². The highest BCUT2D eigenvalue weighted by molar-refractivity contribution is 5.99. The van der Waals surface area contributed by atoms with E-state index in [0.717, 1.165) is 10.9 Å². The third-order valence-electron chi connectivity index (χ3n) is 4.92. The molecule has 0 radical (unpaired) electrons. The molecule has 4 rings (SSSR count). The third kappa shape index (κ3) is 2.84. The molecule has 4 aromatic heterocycles. The average molecular weight is 394 g/mol. The molecule has 1 amide bonds. The Labute approximate surface area is 166 Å². The van der Waals surface area contributed by atoms with Crippen molar-refractivity contribution in [3.05, 3.63) is 29.8 Å². The second-order valence-corrected chi connectivity index (χ2v) is 6.77. The lowest BCUT2D eigenvalue weighted by atomic mass is 10.2. The number of pyridine rings is 1. The normalized spacial score (nSPS) is 11.4. The van der Waals surface area contributed by atoms with Crippen LogP contribution in [0.25, 0.3) is 33.8 Å². The molecule has 0 saturated carbocycles. The van der Waals surface area contributed by atoms with Crippen LogP contribution in [-0.2, 0) is 20.1 Å². The number of primary amides is 1. The lowest BCUT2D eigenvalue weighted by Gasteiger charge is -2.06. The molecule has 0 aliphatic rings. The van der Waals surface area contributed by atoms with Crippen LogP contribution < -0.4 is 5.73 Å². The Hall–Kier alpha value is -3.69. The van der Waals surface area contributed by atoms with Crippen LogP contribution >= 0.6 is 0 Å². The van der Waals surface area contributed by atoms with E-state index in [2.05, 4.69) is 15.2 Å². The molecule has 29 heavy (non-hydrogen) atoms. The SMILES string of the molecule is CCn1nc(C)c(O)c1-c1cn(C)c(-c2nc(C(N)=O)cc3c2cnn3CC)n1. The number of nitrogens with two attached hydrogens (primary N) is 1. The number of imidazole rings is 1. The van der Waals surface area contributed by atoms with Gasteiger partial charge in [-0.1, -0.05) is 0 Å². The van der Waals surface area contributed by atoms with Crippen LogP contribution in [0.4, 0.5) is 0 Å². The van der Waals surface area contributed by atoms with Gasteiger partial charge in [0.05, 0.1) is 11.7 Å². The number of hydrogen-bond donors (Lipinski definition) is 2. The van der Waals surface area contributed by atoms with Crippen molar-refractivity contribution in [2.45, 2.75) is 33.9 Å². The van der Waals surface area contributed by atoms with Gasteiger partial charge in [0.1, 0.15) is 28.5 Å². The van der Waals surface area contributed by atoms with Crippen molar-refractivity contribution in [2.24, 2.45) is 12.8 Å². The van der Waals surface area contributed by atoms with Crippen molar-refractivity contribution in [2.75, 3.05) is 0 Å². The molecule has 150 valence electrons. The second kappa shape index (κ2) is 6.73. The number of hydrogen-bond acceptors (Lipinski definition) is 6. The van der Waals surface area contributed by atoms with E-state index in [4.69, 9.17) is 10.7 Å². The number of amides is 1. The smallest absolute Gasteiger partial charge is 0.267 e. The first kappa shape index (κ1) is 18.7. The molecule has 4 heterocycles. The number of fused-ring (bicyclic) bond motifs is 1. The standard InChI is InChI=1S/C19H22N8O2/c1-5-26-14-7-12(18(20)29)22-15(11(14)8-21-26)19-23-13(9-25(19)4)16-17(28)10(3)24-27(16)6-2/h7-9,28H,5-6H2,1-4H3,(H2,20,29). The van der Waals surface area contributed by atoms with Crippen LogP contribution in [0.15, 0.2) is 18.5 Å². The van der Waals surface area contributed by atoms with Gasteiger partial charge < -0.3 is 15.4 Å². The van der Waals surface area contributed by atoms with Gasteiger partial charge in [0.15, 0.2) is 11.6 Å². The van der Waals surface area contributed by atoms with Gasteiger partial charge in [-0.25, -0.2) is 9.97 Å². The summed E-state index contributed by atoms with van der Waals surface area (Å²) in [5.74, 6) is 0.00715. The summed E-state index contributed by atoms with van der Waals surface area (Å²) in [6.45, 7) is 6.88. The van der Waals surface area contributed by atoms with Gasteiger partial charge in [0.25, 0.3) is 5.91 Å². The maximum atomic E-state index is 11.9. The van der Waals surface area contributed by atoms with Gasteiger partial charge in [-0.15, -0.1) is 0 Å². The van der Waals surface area contributed by atoms with E-state index in [1.54, 1.807) is 39.3 Å². The minimum absolute atomic E-state index is 0.0966. The Balaban J connectivity index is 1.97. The molecule has 0 aliphatic carbocycles. The van der Waals surface area contributed by atoms with Crippen LogP contribution in [0.1, 0.15) is 30.0 Å². The number of aromatic nitrogens is 7. The number of aryl methyl sites for hydroxylation is 4. The van der Waals surface area contributed by atoms with Crippen LogP contribution in [0.2, 0.25) is 0 Å². The van der Waals surface area contributed by atoms with E-state index in [0.29, 0.717) is 41.7 Å². The zero-order valence-corrected chi connectivity index (χ0v) is 16.7. The molecule has 10 nitrogen and oxygen atoms in total. The maximum Gasteiger partial charge on any atom is 0.267 e. The van der Waals surface area contributed by atoms with Crippen molar-refractivity contribution in [1.82, 2.24) is 34.1 Å². The van der Waals surface area contributed by atoms with Crippen molar-refractivity contribution in [1.29, 1.82) is 0 Å². The topological polar surface area (TPSA) is 130 Å². The molecule has 10 heteroatoms. The first-order valence-electron chi connectivity index (χ1n) is 9.32. The molecular weight excluding hydrogens is 372 g/mol. The van der Waals surface area contributed by atoms with Gasteiger partial charge in [0.2, 0.25) is 0 Å². The van der Waals surface area contributed by atoms with Gasteiger partial charge in [-0.2, -0.15) is 10.2 Å². The Morgan fingerprint density at radius 1 is 1.21 bits per heavy atom. The molecule has 0 fully saturated rings. The highest BCUT2D eigenvalue weighted by Crippen LogP contribution is 2.34. The lowest BCUT2D eigenvalue weighted by molar-refractivity contribution is 0.0996. The first-order chi connectivity index (χ1) is 13.8. The molecular formula is C19H22N8O2. The monoisotopic (exact) mass is 394 g/mol. The molecule has 0 aromatic carbocycles. The Bertz CT molecular complexity index is 1250. The van der Waals surface area contributed by atoms with Gasteiger partial charge in [0, 0.05) is 31.7 Å². The Morgan fingerprint density at radius 3 is 2.59 bits per heavy atom. The summed E-state index contributed by atoms with van der Waals surface area (Å²) in [4.78, 5) is 21.0. The average Bonchev–Trinajstić information content (AvgIpc) is 3.36. The van der Waals surface area contributed by atoms with E-state index in [1.807, 2.05) is 20.9 Å². The summed E-state index contributed by atoms with van der Waals surface area (Å²) in [6, 6.07) is 1.64. The van der Waals surface area contributed by atoms with Crippen LogP contribution in [0.5, 0.6) is 5.75 Å². The van der Waals surface area contributed by atoms with Gasteiger partial charge in [-0.05, 0) is 26.8 Å². The lowest BCUT2D eigenvalue weighted by Crippen LogP contribution is -2.14. The minimum atomic E-state index is -0.622. The van der Waals surface area contributed by atoms with E-state index >= 15 is 0 Å². The number of aromatic hydroxyl groups is 1. The summed E-state index contributed by atoms with van der Waals surface area (Å²) in [5, 5.41) is 20.0. The molecule has 0 spiro atoms. The van der Waals surface area contributed by atoms with Crippen LogP contribution in [0.3, 0.4) is 0 Å². The van der Waals surface area contributed by atoms with Crippen LogP contribution in [-0.4, -0.2) is 45.1 Å². The zero-order valence-electron chi connectivity index (χ0n) is 16.7. The zero-order chi connectivity index (χ0) is 20.9. The Morgan fingerprint density at radius 2 is 1.93 bits per heavy atom. The van der Waals surface area contributed by atoms with Crippen molar-refractivity contribution >= 4 is 16.8 Å². The molecule has 0 unspecified atom stereocenters. The molecule has 0 aliphatic heterocycles. The highest BCUT2D eigenvalue weighted by Gasteiger charge is 2.22. The summed E-state index contributed by atoms with van der Waals surface area (Å²) >= 11 is 0. The molecule has 0 saturated heterocycles. The second-order valence-electron chi connectivity index (χ2n) is 6.77. The predicted molar refractivity (Wildman–Crippen MR) is 107 cm³/mol. The largest absolute Gasteiger partial charge is 0.504 e. The summed E-state index contributed by atoms with van der Waals surface area (Å²) < 4.78 is 5.28. The Kier molecular flexibility index (Phi) is 4.33. The predicted octanol–water partition coefficient (Wildman–Crippen LogP) is 1.85. The molecule has 0 atom stereocenters. The molecule has 3 N–H and O–H groups in total. The van der Waals surface area contributed by atoms with Crippen molar-refractivity contribution < 1.29 is 9.90 Å². The quantitative estimate of drug-likeness (QED) is 0.531. The summed E-state index contributed by atoms with van der Waals surface area (Å²) in [6.07, 6.45) is 3.50. The van der Waals surface area contributed by atoms with Gasteiger partial charge >= 0.3 is 0 Å². The number of carbonyl (C=O) groups excluding carboxylic acids is 1. The number of carbonyl (C=O) groups is 1. The number of rotatable bonds is 5. The minimum Gasteiger partial charge on any atom is -0.504 e. The molecule has 0 bridgehead atoms. The van der Waals surface area contributed by atoms with E-state index in [9.17, 15) is 9.90 Å². The fraction of sp³-hybridized carbons (Fsp3) is 0.316. The van der Waals surface area contributed by atoms with E-state index < -0.39 is 5.91 Å². The summed E-state index contributed by atoms with van der Waals surface area (Å²) in [7, 11) is 1.83. The van der Waals surface area contributed by atoms with Crippen LogP contribution in [0, 0.1) is 6.92 Å². The van der Waals surface area contributed by atoms with E-state index in [-0.39, 0.29) is 11.4 Å². The highest BCUT2D eigenvalue weighted by atomic mass is 16.3. The first-order valence-corrected chi connectivity index (χ1v) is 9.32. The van der Waals surface area contributed by atoms with Crippen molar-refractivity contribution in [3.63, 3.8) is 0 Å².